The van der Waals surface area contributed by atoms with E-state index in [9.17, 15) is 9.59 Å². The van der Waals surface area contributed by atoms with Crippen molar-refractivity contribution in [3.8, 4) is 0 Å². The molecule has 4 nitrogen and oxygen atoms in total. The van der Waals surface area contributed by atoms with Crippen LogP contribution in [-0.4, -0.2) is 35.8 Å². The summed E-state index contributed by atoms with van der Waals surface area (Å²) in [4.78, 5) is 24.0. The fourth-order valence-corrected chi connectivity index (χ4v) is 1.20. The number of amides is 3. The van der Waals surface area contributed by atoms with Gasteiger partial charge in [0.15, 0.2) is 0 Å². The van der Waals surface area contributed by atoms with E-state index in [0.717, 1.165) is 0 Å². The van der Waals surface area contributed by atoms with Gasteiger partial charge in [0.1, 0.15) is 0 Å². The lowest BCUT2D eigenvalue weighted by Gasteiger charge is -2.24. The van der Waals surface area contributed by atoms with Crippen molar-refractivity contribution < 1.29 is 9.59 Å². The number of nitrogens with one attached hydrogen (secondary N) is 1. The second-order valence-electron chi connectivity index (χ2n) is 3.71. The second-order valence-corrected chi connectivity index (χ2v) is 3.97. The van der Waals surface area contributed by atoms with Gasteiger partial charge >= 0.3 is 6.03 Å². The van der Waals surface area contributed by atoms with Crippen LogP contribution in [0, 0.1) is 5.41 Å². The first kappa shape index (κ1) is 10.3. The summed E-state index contributed by atoms with van der Waals surface area (Å²) in [6, 6.07) is -0.316. The van der Waals surface area contributed by atoms with Crippen LogP contribution < -0.4 is 5.32 Å². The molecule has 1 saturated heterocycles. The number of hydrogen-bond donors (Lipinski definition) is 1. The van der Waals surface area contributed by atoms with Crippen molar-refractivity contribution in [1.29, 1.82) is 0 Å². The monoisotopic (exact) mass is 204 g/mol. The predicted molar refractivity (Wildman–Crippen MR) is 49.6 cm³/mol. The average molecular weight is 205 g/mol. The second kappa shape index (κ2) is 3.54. The number of rotatable bonds is 2. The first-order chi connectivity index (χ1) is 5.99. The van der Waals surface area contributed by atoms with Crippen molar-refractivity contribution in [2.24, 2.45) is 5.41 Å². The molecule has 0 aromatic rings. The van der Waals surface area contributed by atoms with Gasteiger partial charge in [-0.05, 0) is 13.8 Å². The van der Waals surface area contributed by atoms with Crippen molar-refractivity contribution in [2.75, 3.05) is 19.0 Å². The predicted octanol–water partition coefficient (Wildman–Crippen LogP) is 0.803. The van der Waals surface area contributed by atoms with Gasteiger partial charge in [0, 0.05) is 19.0 Å². The summed E-state index contributed by atoms with van der Waals surface area (Å²) in [5.74, 6) is 0.00722. The van der Waals surface area contributed by atoms with E-state index in [1.54, 1.807) is 13.8 Å². The Kier molecular flexibility index (Phi) is 2.81. The normalized spacial score (nSPS) is 17.5. The maximum Gasteiger partial charge on any atom is 0.324 e. The third-order valence-corrected chi connectivity index (χ3v) is 2.68. The van der Waals surface area contributed by atoms with Crippen LogP contribution in [0.15, 0.2) is 0 Å². The molecule has 0 aliphatic carbocycles. The molecule has 1 aliphatic heterocycles. The summed E-state index contributed by atoms with van der Waals surface area (Å²) in [6.07, 6.45) is 0. The summed E-state index contributed by atoms with van der Waals surface area (Å²) in [5, 5.41) is 2.57. The summed E-state index contributed by atoms with van der Waals surface area (Å²) in [5.41, 5.74) is -0.663. The molecule has 0 saturated carbocycles. The molecule has 1 heterocycles. The van der Waals surface area contributed by atoms with Gasteiger partial charge in [-0.2, -0.15) is 0 Å². The molecule has 0 atom stereocenters. The molecule has 0 radical (unpaired) electrons. The molecule has 0 bridgehead atoms. The van der Waals surface area contributed by atoms with Crippen LogP contribution in [-0.2, 0) is 4.79 Å². The number of imide groups is 1. The molecule has 1 fully saturated rings. The number of alkyl halides is 1. The summed E-state index contributed by atoms with van der Waals surface area (Å²) >= 11 is 5.63. The van der Waals surface area contributed by atoms with E-state index in [4.69, 9.17) is 11.6 Å². The molecule has 1 aliphatic rings. The van der Waals surface area contributed by atoms with Crippen LogP contribution in [0.3, 0.4) is 0 Å². The van der Waals surface area contributed by atoms with Gasteiger partial charge in [0.25, 0.3) is 0 Å². The van der Waals surface area contributed by atoms with Crippen molar-refractivity contribution in [1.82, 2.24) is 10.2 Å². The Morgan fingerprint density at radius 1 is 1.69 bits per heavy atom. The third-order valence-electron chi connectivity index (χ3n) is 2.01. The molecule has 5 heteroatoms. The van der Waals surface area contributed by atoms with Gasteiger partial charge in [-0.25, -0.2) is 4.79 Å². The van der Waals surface area contributed by atoms with Gasteiger partial charge < -0.3 is 5.32 Å². The van der Waals surface area contributed by atoms with Crippen LogP contribution >= 0.6 is 11.6 Å². The zero-order valence-corrected chi connectivity index (χ0v) is 8.52. The van der Waals surface area contributed by atoms with Gasteiger partial charge in [0.05, 0.1) is 5.41 Å². The Hall–Kier alpha value is -0.770. The van der Waals surface area contributed by atoms with E-state index in [2.05, 4.69) is 5.32 Å². The van der Waals surface area contributed by atoms with Crippen molar-refractivity contribution >= 4 is 23.5 Å². The number of carbonyl (C=O) groups excluding carboxylic acids is 2. The Morgan fingerprint density at radius 2 is 2.31 bits per heavy atom. The molecule has 74 valence electrons. The summed E-state index contributed by atoms with van der Waals surface area (Å²) < 4.78 is 0. The zero-order chi connectivity index (χ0) is 10.1. The molecule has 1 N–H and O–H groups in total. The minimum atomic E-state index is -0.663. The highest BCUT2D eigenvalue weighted by Crippen LogP contribution is 2.21. The van der Waals surface area contributed by atoms with Crippen molar-refractivity contribution in [3.63, 3.8) is 0 Å². The van der Waals surface area contributed by atoms with E-state index in [1.807, 2.05) is 0 Å². The van der Waals surface area contributed by atoms with Crippen LogP contribution in [0.1, 0.15) is 13.8 Å². The highest BCUT2D eigenvalue weighted by molar-refractivity contribution is 6.20. The smallest absolute Gasteiger partial charge is 0.324 e. The minimum Gasteiger partial charge on any atom is -0.336 e. The van der Waals surface area contributed by atoms with Gasteiger partial charge in [-0.1, -0.05) is 0 Å². The molecule has 0 unspecified atom stereocenters. The molecular weight excluding hydrogens is 192 g/mol. The highest BCUT2D eigenvalue weighted by atomic mass is 35.5. The Morgan fingerprint density at radius 3 is 2.69 bits per heavy atom. The average Bonchev–Trinajstić information content (AvgIpc) is 2.50. The van der Waals surface area contributed by atoms with Crippen molar-refractivity contribution in [3.05, 3.63) is 0 Å². The van der Waals surface area contributed by atoms with E-state index in [0.29, 0.717) is 13.1 Å². The lowest BCUT2D eigenvalue weighted by molar-refractivity contribution is -0.135. The lowest BCUT2D eigenvalue weighted by Crippen LogP contribution is -2.43. The standard InChI is InChI=1S/C8H13ClN2O2/c1-8(2,5-9)6(12)11-4-3-10-7(11)13/h3-5H2,1-2H3,(H,10,13). The topological polar surface area (TPSA) is 49.4 Å². The molecule has 0 spiro atoms. The largest absolute Gasteiger partial charge is 0.336 e. The lowest BCUT2D eigenvalue weighted by atomic mass is 9.94. The third kappa shape index (κ3) is 1.94. The quantitative estimate of drug-likeness (QED) is 0.677. The van der Waals surface area contributed by atoms with E-state index < -0.39 is 5.41 Å². The number of hydrogen-bond acceptors (Lipinski definition) is 2. The first-order valence-corrected chi connectivity index (χ1v) is 4.68. The first-order valence-electron chi connectivity index (χ1n) is 4.15. The van der Waals surface area contributed by atoms with Crippen LogP contribution in [0.4, 0.5) is 4.79 Å². The fraction of sp³-hybridized carbons (Fsp3) is 0.750. The minimum absolute atomic E-state index is 0.211. The maximum atomic E-state index is 11.7. The zero-order valence-electron chi connectivity index (χ0n) is 7.76. The van der Waals surface area contributed by atoms with Gasteiger partial charge in [0.2, 0.25) is 5.91 Å². The van der Waals surface area contributed by atoms with E-state index in [-0.39, 0.29) is 17.8 Å². The number of carbonyl (C=O) groups is 2. The Labute approximate surface area is 82.2 Å². The molecule has 3 amide bonds. The number of nitrogens with zero attached hydrogens (tertiary/aromatic N) is 1. The van der Waals surface area contributed by atoms with Gasteiger partial charge in [-0.3, -0.25) is 9.69 Å². The SMILES string of the molecule is CC(C)(CCl)C(=O)N1CCNC1=O. The maximum absolute atomic E-state index is 11.7. The molecular formula is C8H13ClN2O2. The molecule has 13 heavy (non-hydrogen) atoms. The molecule has 1 rings (SSSR count). The Balaban J connectivity index is 2.72. The van der Waals surface area contributed by atoms with Crippen LogP contribution in [0.2, 0.25) is 0 Å². The summed E-state index contributed by atoms with van der Waals surface area (Å²) in [6.45, 7) is 4.43. The van der Waals surface area contributed by atoms with E-state index in [1.165, 1.54) is 4.90 Å². The molecule has 0 aromatic carbocycles. The van der Waals surface area contributed by atoms with Crippen LogP contribution in [0.5, 0.6) is 0 Å². The Bertz CT molecular complexity index is 240. The number of urea groups is 1. The van der Waals surface area contributed by atoms with Crippen LogP contribution in [0.25, 0.3) is 0 Å². The van der Waals surface area contributed by atoms with Gasteiger partial charge in [-0.15, -0.1) is 11.6 Å². The molecule has 0 aromatic heterocycles. The fourth-order valence-electron chi connectivity index (χ4n) is 1.09. The van der Waals surface area contributed by atoms with Crippen molar-refractivity contribution in [2.45, 2.75) is 13.8 Å². The highest BCUT2D eigenvalue weighted by Gasteiger charge is 2.36. The van der Waals surface area contributed by atoms with E-state index >= 15 is 0 Å². The summed E-state index contributed by atoms with van der Waals surface area (Å²) in [7, 11) is 0. The number of halogens is 1.